The highest BCUT2D eigenvalue weighted by atomic mass is 16.5. The number of piperidine rings is 1. The van der Waals surface area contributed by atoms with Crippen LogP contribution >= 0.6 is 0 Å². The first-order valence-electron chi connectivity index (χ1n) is 11.0. The molecule has 8 nitrogen and oxygen atoms in total. The number of benzene rings is 2. The van der Waals surface area contributed by atoms with E-state index < -0.39 is 11.9 Å². The maximum atomic E-state index is 13.2. The Kier molecular flexibility index (Phi) is 5.43. The fraction of sp³-hybridized carbons (Fsp3) is 0.375. The molecule has 166 valence electrons. The standard InChI is InChI=1S/C24H25N3O5/c28-22(12-15-26-17-8-2-5-11-20(17)32-24(26)30)27-16-21(23(29)25-13-6-1-7-14-25)31-19-10-4-3-9-18(19)27/h2-5,8-11,21H,1,6-7,12-16H2. The van der Waals surface area contributed by atoms with Crippen LogP contribution in [0.1, 0.15) is 25.7 Å². The number of nitrogens with zero attached hydrogens (tertiary/aromatic N) is 3. The number of para-hydroxylation sites is 4. The van der Waals surface area contributed by atoms with Gasteiger partial charge in [-0.1, -0.05) is 24.3 Å². The highest BCUT2D eigenvalue weighted by Gasteiger charge is 2.36. The molecular formula is C24H25N3O5. The minimum Gasteiger partial charge on any atom is -0.476 e. The molecule has 1 unspecified atom stereocenters. The van der Waals surface area contributed by atoms with Crippen LogP contribution in [-0.2, 0) is 16.1 Å². The van der Waals surface area contributed by atoms with Crippen molar-refractivity contribution in [2.75, 3.05) is 24.5 Å². The van der Waals surface area contributed by atoms with E-state index in [1.807, 2.05) is 29.2 Å². The van der Waals surface area contributed by atoms with Gasteiger partial charge in [0.1, 0.15) is 5.75 Å². The average molecular weight is 435 g/mol. The Hall–Kier alpha value is -3.55. The summed E-state index contributed by atoms with van der Waals surface area (Å²) in [6, 6.07) is 14.4. The predicted octanol–water partition coefficient (Wildman–Crippen LogP) is 2.79. The molecule has 0 bridgehead atoms. The summed E-state index contributed by atoms with van der Waals surface area (Å²) in [7, 11) is 0. The zero-order valence-electron chi connectivity index (χ0n) is 17.7. The van der Waals surface area contributed by atoms with Crippen molar-refractivity contribution in [3.05, 3.63) is 59.1 Å². The average Bonchev–Trinajstić information content (AvgIpc) is 3.16. The number of aromatic nitrogens is 1. The van der Waals surface area contributed by atoms with Crippen molar-refractivity contribution < 1.29 is 18.7 Å². The van der Waals surface area contributed by atoms with E-state index >= 15 is 0 Å². The Morgan fingerprint density at radius 3 is 2.56 bits per heavy atom. The van der Waals surface area contributed by atoms with Crippen molar-refractivity contribution in [3.63, 3.8) is 0 Å². The number of likely N-dealkylation sites (tertiary alicyclic amines) is 1. The SMILES string of the molecule is O=C(C1CN(C(=O)CCn2c(=O)oc3ccccc32)c2ccccc2O1)N1CCCCC1. The molecule has 2 aliphatic heterocycles. The first-order valence-corrected chi connectivity index (χ1v) is 11.0. The van der Waals surface area contributed by atoms with E-state index in [-0.39, 0.29) is 31.3 Å². The third kappa shape index (κ3) is 3.77. The molecule has 3 aromatic rings. The third-order valence-electron chi connectivity index (χ3n) is 6.14. The van der Waals surface area contributed by atoms with Gasteiger partial charge < -0.3 is 19.0 Å². The van der Waals surface area contributed by atoms with Crippen LogP contribution in [0.4, 0.5) is 5.69 Å². The van der Waals surface area contributed by atoms with Gasteiger partial charge in [0, 0.05) is 26.1 Å². The first-order chi connectivity index (χ1) is 15.6. The van der Waals surface area contributed by atoms with Crippen LogP contribution in [0.5, 0.6) is 5.75 Å². The van der Waals surface area contributed by atoms with Crippen LogP contribution in [0.25, 0.3) is 11.1 Å². The largest absolute Gasteiger partial charge is 0.476 e. The number of hydrogen-bond donors (Lipinski definition) is 0. The molecule has 5 rings (SSSR count). The van der Waals surface area contributed by atoms with E-state index in [1.165, 1.54) is 4.57 Å². The van der Waals surface area contributed by atoms with E-state index in [0.717, 1.165) is 32.4 Å². The summed E-state index contributed by atoms with van der Waals surface area (Å²) in [5.74, 6) is -0.212. The zero-order chi connectivity index (χ0) is 22.1. The molecule has 0 aliphatic carbocycles. The van der Waals surface area contributed by atoms with Crippen molar-refractivity contribution in [1.29, 1.82) is 0 Å². The van der Waals surface area contributed by atoms with Crippen LogP contribution in [-0.4, -0.2) is 47.0 Å². The van der Waals surface area contributed by atoms with Gasteiger partial charge in [0.05, 0.1) is 17.7 Å². The van der Waals surface area contributed by atoms with E-state index in [4.69, 9.17) is 9.15 Å². The molecule has 3 heterocycles. The van der Waals surface area contributed by atoms with Gasteiger partial charge in [-0.15, -0.1) is 0 Å². The number of rotatable bonds is 4. The summed E-state index contributed by atoms with van der Waals surface area (Å²) in [4.78, 5) is 42.0. The summed E-state index contributed by atoms with van der Waals surface area (Å²) < 4.78 is 12.7. The smallest absolute Gasteiger partial charge is 0.419 e. The highest BCUT2D eigenvalue weighted by molar-refractivity contribution is 5.97. The van der Waals surface area contributed by atoms with Crippen molar-refractivity contribution in [1.82, 2.24) is 9.47 Å². The van der Waals surface area contributed by atoms with Gasteiger partial charge >= 0.3 is 5.76 Å². The normalized spacial score (nSPS) is 18.3. The molecule has 0 spiro atoms. The number of carbonyl (C=O) groups excluding carboxylic acids is 2. The van der Waals surface area contributed by atoms with E-state index in [0.29, 0.717) is 22.5 Å². The lowest BCUT2D eigenvalue weighted by molar-refractivity contribution is -0.139. The maximum absolute atomic E-state index is 13.2. The molecule has 1 aromatic heterocycles. The van der Waals surface area contributed by atoms with Gasteiger partial charge in [0.25, 0.3) is 5.91 Å². The van der Waals surface area contributed by atoms with E-state index in [1.54, 1.807) is 29.2 Å². The number of fused-ring (bicyclic) bond motifs is 2. The van der Waals surface area contributed by atoms with Gasteiger partial charge in [-0.3, -0.25) is 14.2 Å². The molecule has 1 fully saturated rings. The fourth-order valence-corrected chi connectivity index (χ4v) is 4.49. The van der Waals surface area contributed by atoms with Crippen molar-refractivity contribution >= 4 is 28.6 Å². The Balaban J connectivity index is 1.36. The molecule has 0 radical (unpaired) electrons. The quantitative estimate of drug-likeness (QED) is 0.629. The van der Waals surface area contributed by atoms with Gasteiger partial charge in [0.2, 0.25) is 5.91 Å². The molecule has 0 N–H and O–H groups in total. The highest BCUT2D eigenvalue weighted by Crippen LogP contribution is 2.34. The van der Waals surface area contributed by atoms with Crippen LogP contribution < -0.4 is 15.4 Å². The van der Waals surface area contributed by atoms with Gasteiger partial charge in [-0.2, -0.15) is 0 Å². The number of carbonyl (C=O) groups is 2. The summed E-state index contributed by atoms with van der Waals surface area (Å²) in [5.41, 5.74) is 1.80. The molecule has 8 heteroatoms. The predicted molar refractivity (Wildman–Crippen MR) is 119 cm³/mol. The Morgan fingerprint density at radius 1 is 0.969 bits per heavy atom. The van der Waals surface area contributed by atoms with Crippen LogP contribution in [0, 0.1) is 0 Å². The second kappa shape index (κ2) is 8.53. The molecule has 2 aromatic carbocycles. The Morgan fingerprint density at radius 2 is 1.72 bits per heavy atom. The fourth-order valence-electron chi connectivity index (χ4n) is 4.49. The van der Waals surface area contributed by atoms with Crippen molar-refractivity contribution in [3.8, 4) is 5.75 Å². The van der Waals surface area contributed by atoms with Gasteiger partial charge in [0.15, 0.2) is 11.7 Å². The minimum atomic E-state index is -0.732. The summed E-state index contributed by atoms with van der Waals surface area (Å²) in [6.07, 6.45) is 2.48. The van der Waals surface area contributed by atoms with Crippen LogP contribution in [0.2, 0.25) is 0 Å². The number of aryl methyl sites for hydroxylation is 1. The van der Waals surface area contributed by atoms with E-state index in [2.05, 4.69) is 0 Å². The molecule has 0 saturated carbocycles. The minimum absolute atomic E-state index is 0.0750. The number of ether oxygens (including phenoxy) is 1. The topological polar surface area (TPSA) is 85.0 Å². The first kappa shape index (κ1) is 20.4. The molecular weight excluding hydrogens is 410 g/mol. The van der Waals surface area contributed by atoms with Gasteiger partial charge in [-0.05, 0) is 43.5 Å². The lowest BCUT2D eigenvalue weighted by Gasteiger charge is -2.37. The summed E-state index contributed by atoms with van der Waals surface area (Å²) >= 11 is 0. The number of amides is 2. The Bertz CT molecular complexity index is 1210. The van der Waals surface area contributed by atoms with Crippen LogP contribution in [0.3, 0.4) is 0 Å². The summed E-state index contributed by atoms with van der Waals surface area (Å²) in [5, 5.41) is 0. The monoisotopic (exact) mass is 435 g/mol. The third-order valence-corrected chi connectivity index (χ3v) is 6.14. The van der Waals surface area contributed by atoms with Gasteiger partial charge in [-0.25, -0.2) is 4.79 Å². The van der Waals surface area contributed by atoms with E-state index in [9.17, 15) is 14.4 Å². The molecule has 2 aliphatic rings. The zero-order valence-corrected chi connectivity index (χ0v) is 17.7. The van der Waals surface area contributed by atoms with Crippen LogP contribution in [0.15, 0.2) is 57.7 Å². The maximum Gasteiger partial charge on any atom is 0.419 e. The molecule has 2 amide bonds. The lowest BCUT2D eigenvalue weighted by atomic mass is 10.1. The Labute approximate surface area is 185 Å². The molecule has 1 saturated heterocycles. The van der Waals surface area contributed by atoms with Crippen molar-refractivity contribution in [2.24, 2.45) is 0 Å². The number of anilines is 1. The number of hydrogen-bond acceptors (Lipinski definition) is 5. The second-order valence-corrected chi connectivity index (χ2v) is 8.20. The molecule has 1 atom stereocenters. The van der Waals surface area contributed by atoms with Crippen molar-refractivity contribution in [2.45, 2.75) is 38.3 Å². The second-order valence-electron chi connectivity index (χ2n) is 8.20. The lowest BCUT2D eigenvalue weighted by Crippen LogP contribution is -2.53. The number of oxazole rings is 1. The molecule has 32 heavy (non-hydrogen) atoms. The summed E-state index contributed by atoms with van der Waals surface area (Å²) in [6.45, 7) is 1.81.